The Morgan fingerprint density at radius 1 is 1.20 bits per heavy atom. The summed E-state index contributed by atoms with van der Waals surface area (Å²) in [6.45, 7) is 6.15. The predicted octanol–water partition coefficient (Wildman–Crippen LogP) is 3.19. The van der Waals surface area contributed by atoms with Crippen LogP contribution < -0.4 is 5.56 Å². The molecule has 0 radical (unpaired) electrons. The van der Waals surface area contributed by atoms with Crippen LogP contribution in [0.15, 0.2) is 46.6 Å². The maximum absolute atomic E-state index is 13.0. The molecule has 0 spiro atoms. The largest absolute Gasteiger partial charge is 0.376 e. The molecule has 1 aromatic carbocycles. The van der Waals surface area contributed by atoms with E-state index in [2.05, 4.69) is 18.7 Å². The smallest absolute Gasteiger partial charge is 0.275 e. The Labute approximate surface area is 150 Å². The number of thiophene rings is 1. The van der Waals surface area contributed by atoms with Crippen LogP contribution in [-0.2, 0) is 11.4 Å². The Bertz CT molecular complexity index is 935. The highest BCUT2D eigenvalue weighted by Gasteiger charge is 2.24. The minimum absolute atomic E-state index is 0.0396. The van der Waals surface area contributed by atoms with Gasteiger partial charge in [0.05, 0.1) is 29.6 Å². The number of rotatable bonds is 3. The number of hydrogen-bond acceptors (Lipinski definition) is 5. The Kier molecular flexibility index (Phi) is 4.41. The lowest BCUT2D eigenvalue weighted by Crippen LogP contribution is -2.49. The van der Waals surface area contributed by atoms with Crippen molar-refractivity contribution in [1.29, 1.82) is 0 Å². The minimum Gasteiger partial charge on any atom is -0.376 e. The normalized spacial score (nSPS) is 21.7. The standard InChI is InChI=1S/C19H21N3O2S/c1-13-11-24-14(2)10-21(13)12-22-19(23)16-7-4-3-6-15(16)18(20-22)17-8-5-9-25-17/h3-9,13-14H,10-12H2,1-2H3/t13-,14-/m1/s1. The molecular formula is C19H21N3O2S. The molecule has 0 saturated carbocycles. The van der Waals surface area contributed by atoms with Crippen LogP contribution in [0.25, 0.3) is 21.3 Å². The molecule has 0 amide bonds. The van der Waals surface area contributed by atoms with Crippen molar-refractivity contribution in [2.75, 3.05) is 13.2 Å². The monoisotopic (exact) mass is 355 g/mol. The van der Waals surface area contributed by atoms with Gasteiger partial charge in [-0.25, -0.2) is 4.68 Å². The van der Waals surface area contributed by atoms with Gasteiger partial charge in [0, 0.05) is 18.0 Å². The van der Waals surface area contributed by atoms with Crippen LogP contribution in [0.2, 0.25) is 0 Å². The summed E-state index contributed by atoms with van der Waals surface area (Å²) in [5.74, 6) is 0. The van der Waals surface area contributed by atoms with E-state index in [4.69, 9.17) is 9.84 Å². The fourth-order valence-electron chi connectivity index (χ4n) is 3.27. The number of morpholine rings is 1. The van der Waals surface area contributed by atoms with E-state index in [0.29, 0.717) is 13.3 Å². The van der Waals surface area contributed by atoms with Gasteiger partial charge in [0.25, 0.3) is 5.56 Å². The van der Waals surface area contributed by atoms with Crippen molar-refractivity contribution in [3.63, 3.8) is 0 Å². The van der Waals surface area contributed by atoms with Crippen molar-refractivity contribution in [3.8, 4) is 10.6 Å². The van der Waals surface area contributed by atoms with Gasteiger partial charge in [-0.1, -0.05) is 24.3 Å². The number of benzene rings is 1. The molecular weight excluding hydrogens is 334 g/mol. The van der Waals surface area contributed by atoms with Crippen LogP contribution in [0.3, 0.4) is 0 Å². The van der Waals surface area contributed by atoms with Gasteiger partial charge in [0.2, 0.25) is 0 Å². The third-order valence-corrected chi connectivity index (χ3v) is 5.55. The summed E-state index contributed by atoms with van der Waals surface area (Å²) in [5, 5.41) is 8.39. The van der Waals surface area contributed by atoms with E-state index in [1.165, 1.54) is 0 Å². The molecule has 130 valence electrons. The van der Waals surface area contributed by atoms with Crippen LogP contribution in [0, 0.1) is 0 Å². The molecule has 1 saturated heterocycles. The zero-order valence-electron chi connectivity index (χ0n) is 14.4. The van der Waals surface area contributed by atoms with Crippen molar-refractivity contribution in [1.82, 2.24) is 14.7 Å². The summed E-state index contributed by atoms with van der Waals surface area (Å²) in [7, 11) is 0. The highest BCUT2D eigenvalue weighted by molar-refractivity contribution is 7.13. The lowest BCUT2D eigenvalue weighted by atomic mass is 10.1. The third-order valence-electron chi connectivity index (χ3n) is 4.67. The first-order valence-corrected chi connectivity index (χ1v) is 9.41. The van der Waals surface area contributed by atoms with E-state index in [-0.39, 0.29) is 17.7 Å². The Morgan fingerprint density at radius 3 is 2.76 bits per heavy atom. The molecule has 6 heteroatoms. The number of hydrogen-bond donors (Lipinski definition) is 0. The fourth-order valence-corrected chi connectivity index (χ4v) is 3.99. The summed E-state index contributed by atoms with van der Waals surface area (Å²) >= 11 is 1.64. The van der Waals surface area contributed by atoms with Crippen molar-refractivity contribution in [2.24, 2.45) is 0 Å². The molecule has 2 aromatic heterocycles. The molecule has 25 heavy (non-hydrogen) atoms. The van der Waals surface area contributed by atoms with E-state index < -0.39 is 0 Å². The van der Waals surface area contributed by atoms with Crippen LogP contribution in [-0.4, -0.2) is 40.0 Å². The summed E-state index contributed by atoms with van der Waals surface area (Å²) in [6.07, 6.45) is 0.170. The van der Waals surface area contributed by atoms with Crippen molar-refractivity contribution in [3.05, 3.63) is 52.1 Å². The second-order valence-electron chi connectivity index (χ2n) is 6.58. The van der Waals surface area contributed by atoms with Gasteiger partial charge in [-0.3, -0.25) is 9.69 Å². The van der Waals surface area contributed by atoms with Gasteiger partial charge < -0.3 is 4.74 Å². The molecule has 1 fully saturated rings. The molecule has 2 atom stereocenters. The molecule has 4 rings (SSSR count). The Hall–Kier alpha value is -2.02. The summed E-state index contributed by atoms with van der Waals surface area (Å²) in [4.78, 5) is 16.3. The molecule has 1 aliphatic rings. The average molecular weight is 355 g/mol. The van der Waals surface area contributed by atoms with E-state index in [9.17, 15) is 4.79 Å². The average Bonchev–Trinajstić information content (AvgIpc) is 3.15. The summed E-state index contributed by atoms with van der Waals surface area (Å²) < 4.78 is 7.30. The van der Waals surface area contributed by atoms with Crippen molar-refractivity contribution >= 4 is 22.1 Å². The Balaban J connectivity index is 1.81. The Morgan fingerprint density at radius 2 is 2.00 bits per heavy atom. The van der Waals surface area contributed by atoms with E-state index in [1.807, 2.05) is 41.8 Å². The second-order valence-corrected chi connectivity index (χ2v) is 7.53. The van der Waals surface area contributed by atoms with Crippen molar-refractivity contribution < 1.29 is 4.74 Å². The molecule has 0 bridgehead atoms. The SMILES string of the molecule is C[C@@H]1CN(Cn2nc(-c3cccs3)c3ccccc3c2=O)[C@H](C)CO1. The van der Waals surface area contributed by atoms with E-state index in [1.54, 1.807) is 16.0 Å². The zero-order chi connectivity index (χ0) is 17.4. The topological polar surface area (TPSA) is 47.4 Å². The van der Waals surface area contributed by atoms with Crippen LogP contribution in [0.4, 0.5) is 0 Å². The predicted molar refractivity (Wildman–Crippen MR) is 101 cm³/mol. The first-order valence-electron chi connectivity index (χ1n) is 8.53. The van der Waals surface area contributed by atoms with Gasteiger partial charge in [-0.2, -0.15) is 5.10 Å². The maximum Gasteiger partial charge on any atom is 0.275 e. The van der Waals surface area contributed by atoms with E-state index >= 15 is 0 Å². The molecule has 0 unspecified atom stereocenters. The fraction of sp³-hybridized carbons (Fsp3) is 0.368. The minimum atomic E-state index is -0.0396. The molecule has 3 aromatic rings. The number of nitrogens with zero attached hydrogens (tertiary/aromatic N) is 3. The van der Waals surface area contributed by atoms with Gasteiger partial charge in [0.15, 0.2) is 0 Å². The maximum atomic E-state index is 13.0. The van der Waals surface area contributed by atoms with Gasteiger partial charge in [0.1, 0.15) is 5.69 Å². The van der Waals surface area contributed by atoms with Crippen LogP contribution in [0.1, 0.15) is 13.8 Å². The molecule has 1 aliphatic heterocycles. The van der Waals surface area contributed by atoms with Gasteiger partial charge in [-0.15, -0.1) is 11.3 Å². The lowest BCUT2D eigenvalue weighted by molar-refractivity contribution is -0.0627. The number of ether oxygens (including phenoxy) is 1. The first kappa shape index (κ1) is 16.4. The zero-order valence-corrected chi connectivity index (χ0v) is 15.2. The molecule has 0 N–H and O–H groups in total. The van der Waals surface area contributed by atoms with Gasteiger partial charge >= 0.3 is 0 Å². The number of aromatic nitrogens is 2. The highest BCUT2D eigenvalue weighted by Crippen LogP contribution is 2.28. The van der Waals surface area contributed by atoms with Gasteiger partial charge in [-0.05, 0) is 31.4 Å². The summed E-state index contributed by atoms with van der Waals surface area (Å²) in [5.41, 5.74) is 0.835. The molecule has 5 nitrogen and oxygen atoms in total. The summed E-state index contributed by atoms with van der Waals surface area (Å²) in [6, 6.07) is 12.1. The van der Waals surface area contributed by atoms with Crippen LogP contribution in [0.5, 0.6) is 0 Å². The first-order chi connectivity index (χ1) is 12.1. The molecule has 0 aliphatic carbocycles. The highest BCUT2D eigenvalue weighted by atomic mass is 32.1. The lowest BCUT2D eigenvalue weighted by Gasteiger charge is -2.36. The van der Waals surface area contributed by atoms with E-state index in [0.717, 1.165) is 27.9 Å². The number of fused-ring (bicyclic) bond motifs is 1. The van der Waals surface area contributed by atoms with Crippen LogP contribution >= 0.6 is 11.3 Å². The van der Waals surface area contributed by atoms with Crippen molar-refractivity contribution in [2.45, 2.75) is 32.7 Å². The molecule has 3 heterocycles. The third kappa shape index (κ3) is 3.13. The quantitative estimate of drug-likeness (QED) is 0.724. The second kappa shape index (κ2) is 6.71.